The summed E-state index contributed by atoms with van der Waals surface area (Å²) in [7, 11) is 0. The van der Waals surface area contributed by atoms with Crippen molar-refractivity contribution in [1.29, 1.82) is 0 Å². The van der Waals surface area contributed by atoms with Gasteiger partial charge in [-0.3, -0.25) is 24.0 Å². The Kier molecular flexibility index (Phi) is 14.1. The Bertz CT molecular complexity index is 1030. The van der Waals surface area contributed by atoms with Crippen LogP contribution in [0.25, 0.3) is 0 Å². The molecule has 4 amide bonds. The summed E-state index contributed by atoms with van der Waals surface area (Å²) >= 11 is 0. The number of aromatic hydroxyl groups is 1. The number of phenolic OH excluding ortho intramolecular Hbond substituents is 1. The number of phenols is 1. The SMILES string of the molecule is CC(=O)N[C@@H](CC(=O)O)C(=O)N[C@H](C(=O)N[C@@H](Cc1ccc(O)cc1)C(=O)N[C@@H](CCCCN)C(=O)O)C(C)C. The van der Waals surface area contributed by atoms with Crippen LogP contribution in [0.5, 0.6) is 5.75 Å². The molecule has 0 aliphatic rings. The van der Waals surface area contributed by atoms with Crippen LogP contribution in [-0.4, -0.2) is 81.6 Å². The molecule has 0 radical (unpaired) electrons. The van der Waals surface area contributed by atoms with E-state index in [1.165, 1.54) is 24.3 Å². The highest BCUT2D eigenvalue weighted by Gasteiger charge is 2.33. The Morgan fingerprint density at radius 3 is 1.88 bits per heavy atom. The van der Waals surface area contributed by atoms with E-state index in [1.807, 2.05) is 0 Å². The summed E-state index contributed by atoms with van der Waals surface area (Å²) < 4.78 is 0. The Morgan fingerprint density at radius 1 is 0.800 bits per heavy atom. The number of carbonyl (C=O) groups is 6. The lowest BCUT2D eigenvalue weighted by Gasteiger charge is -2.27. The number of carbonyl (C=O) groups excluding carboxylic acids is 4. The molecule has 1 rings (SSSR count). The third kappa shape index (κ3) is 12.1. The van der Waals surface area contributed by atoms with Gasteiger partial charge >= 0.3 is 11.9 Å². The third-order valence-electron chi connectivity index (χ3n) is 5.89. The van der Waals surface area contributed by atoms with Crippen LogP contribution >= 0.6 is 0 Å². The molecule has 4 atom stereocenters. The average Bonchev–Trinajstić information content (AvgIpc) is 2.86. The minimum atomic E-state index is -1.44. The van der Waals surface area contributed by atoms with Gasteiger partial charge in [0.05, 0.1) is 6.42 Å². The Labute approximate surface area is 232 Å². The summed E-state index contributed by atoms with van der Waals surface area (Å²) in [5, 5.41) is 37.9. The van der Waals surface area contributed by atoms with Crippen LogP contribution in [0.2, 0.25) is 0 Å². The zero-order valence-corrected chi connectivity index (χ0v) is 22.8. The van der Waals surface area contributed by atoms with E-state index < -0.39 is 72.1 Å². The van der Waals surface area contributed by atoms with E-state index in [2.05, 4.69) is 21.3 Å². The molecule has 0 saturated carbocycles. The molecule has 40 heavy (non-hydrogen) atoms. The smallest absolute Gasteiger partial charge is 0.326 e. The van der Waals surface area contributed by atoms with Crippen LogP contribution in [-0.2, 0) is 35.2 Å². The molecule has 0 fully saturated rings. The monoisotopic (exact) mass is 565 g/mol. The van der Waals surface area contributed by atoms with E-state index in [0.717, 1.165) is 6.92 Å². The first-order valence-corrected chi connectivity index (χ1v) is 12.9. The van der Waals surface area contributed by atoms with Crippen LogP contribution in [0.3, 0.4) is 0 Å². The zero-order valence-electron chi connectivity index (χ0n) is 22.8. The maximum absolute atomic E-state index is 13.3. The first-order valence-electron chi connectivity index (χ1n) is 12.9. The van der Waals surface area contributed by atoms with Gasteiger partial charge in [0.15, 0.2) is 0 Å². The predicted molar refractivity (Wildman–Crippen MR) is 143 cm³/mol. The number of rotatable bonds is 17. The van der Waals surface area contributed by atoms with Gasteiger partial charge in [-0.1, -0.05) is 26.0 Å². The van der Waals surface area contributed by atoms with Crippen LogP contribution in [0, 0.1) is 5.92 Å². The van der Waals surface area contributed by atoms with E-state index in [4.69, 9.17) is 10.8 Å². The molecule has 0 heterocycles. The number of nitrogens with one attached hydrogen (secondary N) is 4. The number of benzene rings is 1. The van der Waals surface area contributed by atoms with Gasteiger partial charge in [-0.15, -0.1) is 0 Å². The van der Waals surface area contributed by atoms with E-state index >= 15 is 0 Å². The molecule has 222 valence electrons. The fourth-order valence-electron chi connectivity index (χ4n) is 3.78. The molecule has 0 bridgehead atoms. The Balaban J connectivity index is 3.18. The van der Waals surface area contributed by atoms with Gasteiger partial charge in [0.25, 0.3) is 0 Å². The van der Waals surface area contributed by atoms with Crippen molar-refractivity contribution in [2.75, 3.05) is 6.54 Å². The lowest BCUT2D eigenvalue weighted by molar-refractivity contribution is -0.142. The van der Waals surface area contributed by atoms with Crippen molar-refractivity contribution in [2.45, 2.75) is 77.0 Å². The van der Waals surface area contributed by atoms with E-state index in [-0.39, 0.29) is 18.6 Å². The zero-order chi connectivity index (χ0) is 30.4. The van der Waals surface area contributed by atoms with Gasteiger partial charge in [0.1, 0.15) is 29.9 Å². The fraction of sp³-hybridized carbons (Fsp3) is 0.538. The molecule has 9 N–H and O–H groups in total. The van der Waals surface area contributed by atoms with E-state index in [9.17, 15) is 39.0 Å². The van der Waals surface area contributed by atoms with Crippen molar-refractivity contribution in [1.82, 2.24) is 21.3 Å². The van der Waals surface area contributed by atoms with Crippen molar-refractivity contribution in [3.63, 3.8) is 0 Å². The maximum atomic E-state index is 13.3. The van der Waals surface area contributed by atoms with Crippen molar-refractivity contribution in [3.8, 4) is 5.75 Å². The molecular weight excluding hydrogens is 526 g/mol. The van der Waals surface area contributed by atoms with Gasteiger partial charge in [-0.2, -0.15) is 0 Å². The summed E-state index contributed by atoms with van der Waals surface area (Å²) in [6, 6.07) is 0.677. The maximum Gasteiger partial charge on any atom is 0.326 e. The normalized spacial score (nSPS) is 13.8. The second kappa shape index (κ2) is 16.7. The standard InChI is InChI=1S/C26H39N5O9/c1-14(2)22(31-24(37)20(13-21(34)35)28-15(3)32)25(38)30-19(12-16-7-9-17(33)10-8-16)23(36)29-18(26(39)40)6-4-5-11-27/h7-10,14,18-20,22,33H,4-6,11-13,27H2,1-3H3,(H,28,32)(H,29,36)(H,30,38)(H,31,37)(H,34,35)(H,39,40)/t18-,19-,20-,22-/m0/s1. The third-order valence-corrected chi connectivity index (χ3v) is 5.89. The Hall–Kier alpha value is -4.20. The van der Waals surface area contributed by atoms with Crippen LogP contribution < -0.4 is 27.0 Å². The minimum Gasteiger partial charge on any atom is -0.508 e. The number of carboxylic acid groups (broad SMARTS) is 2. The molecule has 1 aromatic carbocycles. The van der Waals surface area contributed by atoms with Gasteiger partial charge in [0, 0.05) is 13.3 Å². The van der Waals surface area contributed by atoms with E-state index in [1.54, 1.807) is 13.8 Å². The average molecular weight is 566 g/mol. The molecule has 1 aromatic rings. The molecule has 0 aliphatic heterocycles. The number of amides is 4. The number of hydrogen-bond donors (Lipinski definition) is 8. The second-order valence-corrected chi connectivity index (χ2v) is 9.70. The largest absolute Gasteiger partial charge is 0.508 e. The second-order valence-electron chi connectivity index (χ2n) is 9.70. The van der Waals surface area contributed by atoms with Crippen LogP contribution in [0.15, 0.2) is 24.3 Å². The molecule has 0 spiro atoms. The highest BCUT2D eigenvalue weighted by atomic mass is 16.4. The molecule has 0 aromatic heterocycles. The summed E-state index contributed by atoms with van der Waals surface area (Å²) in [6.07, 6.45) is 0.348. The molecule has 0 aliphatic carbocycles. The van der Waals surface area contributed by atoms with Gasteiger partial charge in [-0.05, 0) is 49.4 Å². The van der Waals surface area contributed by atoms with Gasteiger partial charge in [0.2, 0.25) is 23.6 Å². The molecule has 14 heteroatoms. The van der Waals surface area contributed by atoms with Crippen molar-refractivity contribution in [2.24, 2.45) is 11.7 Å². The number of nitrogens with two attached hydrogens (primary N) is 1. The van der Waals surface area contributed by atoms with Gasteiger partial charge in [-0.25, -0.2) is 4.79 Å². The summed E-state index contributed by atoms with van der Waals surface area (Å²) in [5.41, 5.74) is 6.01. The first-order chi connectivity index (χ1) is 18.7. The summed E-state index contributed by atoms with van der Waals surface area (Å²) in [5.74, 6) is -6.25. The highest BCUT2D eigenvalue weighted by molar-refractivity contribution is 5.96. The van der Waals surface area contributed by atoms with Crippen molar-refractivity contribution < 1.29 is 44.1 Å². The summed E-state index contributed by atoms with van der Waals surface area (Å²) in [6.45, 7) is 4.70. The topological polar surface area (TPSA) is 237 Å². The fourth-order valence-corrected chi connectivity index (χ4v) is 3.78. The molecule has 0 unspecified atom stereocenters. The highest BCUT2D eigenvalue weighted by Crippen LogP contribution is 2.13. The number of aliphatic carboxylic acids is 2. The number of hydrogen-bond acceptors (Lipinski definition) is 8. The minimum absolute atomic E-state index is 0.0164. The van der Waals surface area contributed by atoms with Crippen LogP contribution in [0.1, 0.15) is 52.0 Å². The molecular formula is C26H39N5O9. The molecule has 14 nitrogen and oxygen atoms in total. The molecule has 0 saturated heterocycles. The lowest BCUT2D eigenvalue weighted by atomic mass is 10.00. The summed E-state index contributed by atoms with van der Waals surface area (Å²) in [4.78, 5) is 73.6. The number of carboxylic acids is 2. The predicted octanol–water partition coefficient (Wildman–Crippen LogP) is -0.762. The first kappa shape index (κ1) is 33.8. The van der Waals surface area contributed by atoms with Gasteiger partial charge < -0.3 is 42.3 Å². The van der Waals surface area contributed by atoms with E-state index in [0.29, 0.717) is 24.9 Å². The lowest BCUT2D eigenvalue weighted by Crippen LogP contribution is -2.59. The number of unbranched alkanes of at least 4 members (excludes halogenated alkanes) is 1. The quantitative estimate of drug-likeness (QED) is 0.110. The van der Waals surface area contributed by atoms with Crippen LogP contribution in [0.4, 0.5) is 0 Å². The van der Waals surface area contributed by atoms with Crippen molar-refractivity contribution >= 4 is 35.6 Å². The Morgan fingerprint density at radius 2 is 1.38 bits per heavy atom. The van der Waals surface area contributed by atoms with Crippen molar-refractivity contribution in [3.05, 3.63) is 29.8 Å².